The second-order valence-corrected chi connectivity index (χ2v) is 12.5. The van der Waals surface area contributed by atoms with Crippen molar-refractivity contribution in [2.24, 2.45) is 0 Å². The van der Waals surface area contributed by atoms with E-state index >= 15 is 0 Å². The van der Waals surface area contributed by atoms with Crippen LogP contribution in [0, 0.1) is 0 Å². The summed E-state index contributed by atoms with van der Waals surface area (Å²) >= 11 is 0. The molecule has 3 rings (SSSR count). The highest BCUT2D eigenvalue weighted by Crippen LogP contribution is 2.30. The first kappa shape index (κ1) is 17.4. The van der Waals surface area contributed by atoms with Gasteiger partial charge in [-0.3, -0.25) is 4.79 Å². The van der Waals surface area contributed by atoms with Crippen LogP contribution in [0.2, 0.25) is 19.6 Å². The van der Waals surface area contributed by atoms with Crippen molar-refractivity contribution in [1.82, 2.24) is 19.3 Å². The van der Waals surface area contributed by atoms with Crippen LogP contribution in [0.3, 0.4) is 0 Å². The summed E-state index contributed by atoms with van der Waals surface area (Å²) in [4.78, 5) is 16.8. The van der Waals surface area contributed by atoms with Crippen molar-refractivity contribution in [1.29, 1.82) is 0 Å². The molecule has 0 aliphatic rings. The molecule has 0 aliphatic heterocycles. The molecule has 0 fully saturated rings. The number of fused-ring (bicyclic) bond motifs is 1. The Kier molecular flexibility index (Phi) is 4.06. The van der Waals surface area contributed by atoms with E-state index in [2.05, 4.69) is 29.7 Å². The zero-order valence-corrected chi connectivity index (χ0v) is 15.0. The molecule has 2 heterocycles. The number of hydrogen-bond acceptors (Lipinski definition) is 3. The molecule has 3 aromatic rings. The highest BCUT2D eigenvalue weighted by atomic mass is 28.3. The van der Waals surface area contributed by atoms with Crippen molar-refractivity contribution in [2.75, 3.05) is 0 Å². The molecule has 0 spiro atoms. The third kappa shape index (κ3) is 3.50. The van der Waals surface area contributed by atoms with Crippen molar-refractivity contribution >= 4 is 19.1 Å². The fourth-order valence-corrected chi connectivity index (χ4v) is 3.82. The number of rotatable bonds is 3. The van der Waals surface area contributed by atoms with Crippen LogP contribution in [-0.2, 0) is 12.3 Å². The third-order valence-electron chi connectivity index (χ3n) is 3.62. The van der Waals surface area contributed by atoms with E-state index in [-0.39, 0.29) is 22.3 Å². The molecule has 2 aromatic heterocycles. The standard InChI is InChI=1S/C16H17F3N4OSi/c1-25(2,3)10-22-9-20-14-13(15(22)24)8-21-23(14)12-6-4-5-11(7-12)16(17,18)19/h4-9H,10H2,1-3H3. The van der Waals surface area contributed by atoms with Gasteiger partial charge in [-0.1, -0.05) is 25.7 Å². The van der Waals surface area contributed by atoms with Gasteiger partial charge in [-0.25, -0.2) is 9.67 Å². The lowest BCUT2D eigenvalue weighted by Gasteiger charge is -2.17. The maximum Gasteiger partial charge on any atom is 0.416 e. The first-order valence-electron chi connectivity index (χ1n) is 7.67. The first-order chi connectivity index (χ1) is 11.6. The summed E-state index contributed by atoms with van der Waals surface area (Å²) in [6.07, 6.45) is -1.04. The largest absolute Gasteiger partial charge is 0.416 e. The maximum absolute atomic E-state index is 12.9. The van der Waals surface area contributed by atoms with Crippen LogP contribution in [-0.4, -0.2) is 27.4 Å². The highest BCUT2D eigenvalue weighted by molar-refractivity contribution is 6.74. The lowest BCUT2D eigenvalue weighted by atomic mass is 10.2. The van der Waals surface area contributed by atoms with Gasteiger partial charge < -0.3 is 4.57 Å². The fourth-order valence-electron chi connectivity index (χ4n) is 2.58. The fraction of sp³-hybridized carbons (Fsp3) is 0.312. The molecule has 0 bridgehead atoms. The molecule has 0 saturated heterocycles. The lowest BCUT2D eigenvalue weighted by molar-refractivity contribution is -0.137. The summed E-state index contributed by atoms with van der Waals surface area (Å²) in [7, 11) is -1.53. The second kappa shape index (κ2) is 5.83. The number of nitrogens with zero attached hydrogens (tertiary/aromatic N) is 4. The average molecular weight is 366 g/mol. The molecule has 9 heteroatoms. The molecule has 5 nitrogen and oxygen atoms in total. The van der Waals surface area contributed by atoms with Gasteiger partial charge in [0.25, 0.3) is 5.56 Å². The Morgan fingerprint density at radius 1 is 1.20 bits per heavy atom. The Labute approximate surface area is 142 Å². The molecule has 132 valence electrons. The van der Waals surface area contributed by atoms with Gasteiger partial charge in [-0.05, 0) is 18.2 Å². The van der Waals surface area contributed by atoms with Crippen LogP contribution in [0.4, 0.5) is 13.2 Å². The van der Waals surface area contributed by atoms with Gasteiger partial charge in [-0.15, -0.1) is 0 Å². The SMILES string of the molecule is C[Si](C)(C)Cn1cnc2c(cnn2-c2cccc(C(F)(F)F)c2)c1=O. The molecule has 0 atom stereocenters. The topological polar surface area (TPSA) is 52.7 Å². The van der Waals surface area contributed by atoms with Crippen LogP contribution in [0.1, 0.15) is 5.56 Å². The summed E-state index contributed by atoms with van der Waals surface area (Å²) in [5.74, 6) is 0. The molecule has 0 N–H and O–H groups in total. The van der Waals surface area contributed by atoms with E-state index in [1.54, 1.807) is 4.57 Å². The average Bonchev–Trinajstić information content (AvgIpc) is 2.93. The maximum atomic E-state index is 12.9. The Balaban J connectivity index is 2.11. The number of aromatic nitrogens is 4. The smallest absolute Gasteiger partial charge is 0.302 e. The van der Waals surface area contributed by atoms with Crippen LogP contribution >= 0.6 is 0 Å². The Bertz CT molecular complexity index is 985. The Morgan fingerprint density at radius 3 is 2.56 bits per heavy atom. The summed E-state index contributed by atoms with van der Waals surface area (Å²) in [5.41, 5.74) is -0.554. The van der Waals surface area contributed by atoms with Gasteiger partial charge in [0, 0.05) is 6.17 Å². The molecular formula is C16H17F3N4OSi. The van der Waals surface area contributed by atoms with Gasteiger partial charge in [-0.2, -0.15) is 18.3 Å². The van der Waals surface area contributed by atoms with E-state index in [0.29, 0.717) is 6.17 Å². The van der Waals surface area contributed by atoms with E-state index < -0.39 is 19.8 Å². The minimum absolute atomic E-state index is 0.208. The Morgan fingerprint density at radius 2 is 1.92 bits per heavy atom. The molecule has 0 radical (unpaired) electrons. The monoisotopic (exact) mass is 366 g/mol. The van der Waals surface area contributed by atoms with Gasteiger partial charge in [0.1, 0.15) is 5.39 Å². The van der Waals surface area contributed by atoms with Crippen molar-refractivity contribution < 1.29 is 13.2 Å². The summed E-state index contributed by atoms with van der Waals surface area (Å²) in [6.45, 7) is 6.40. The highest BCUT2D eigenvalue weighted by Gasteiger charge is 2.30. The number of halogens is 3. The van der Waals surface area contributed by atoms with Gasteiger partial charge in [0.2, 0.25) is 0 Å². The summed E-state index contributed by atoms with van der Waals surface area (Å²) < 4.78 is 41.5. The van der Waals surface area contributed by atoms with Crippen molar-refractivity contribution in [3.05, 3.63) is 52.7 Å². The number of alkyl halides is 3. The predicted molar refractivity (Wildman–Crippen MR) is 91.5 cm³/mol. The van der Waals surface area contributed by atoms with Crippen molar-refractivity contribution in [3.63, 3.8) is 0 Å². The van der Waals surface area contributed by atoms with E-state index in [0.717, 1.165) is 12.1 Å². The zero-order chi connectivity index (χ0) is 18.4. The quantitative estimate of drug-likeness (QED) is 0.667. The van der Waals surface area contributed by atoms with Gasteiger partial charge in [0.05, 0.1) is 31.8 Å². The van der Waals surface area contributed by atoms with Crippen LogP contribution in [0.5, 0.6) is 0 Å². The molecular weight excluding hydrogens is 349 g/mol. The molecule has 1 aromatic carbocycles. The Hall–Kier alpha value is -2.42. The normalized spacial score (nSPS) is 12.7. The van der Waals surface area contributed by atoms with Crippen molar-refractivity contribution in [2.45, 2.75) is 32.0 Å². The number of hydrogen-bond donors (Lipinski definition) is 0. The molecule has 0 unspecified atom stereocenters. The van der Waals surface area contributed by atoms with E-state index in [9.17, 15) is 18.0 Å². The molecule has 0 saturated carbocycles. The van der Waals surface area contributed by atoms with Gasteiger partial charge >= 0.3 is 6.18 Å². The van der Waals surface area contributed by atoms with Gasteiger partial charge in [0.15, 0.2) is 5.65 Å². The molecule has 0 aliphatic carbocycles. The lowest BCUT2D eigenvalue weighted by Crippen LogP contribution is -2.34. The third-order valence-corrected chi connectivity index (χ3v) is 4.91. The second-order valence-electron chi connectivity index (χ2n) is 7.08. The van der Waals surface area contributed by atoms with Crippen LogP contribution in [0.25, 0.3) is 16.7 Å². The van der Waals surface area contributed by atoms with Crippen LogP contribution in [0.15, 0.2) is 41.6 Å². The summed E-state index contributed by atoms with van der Waals surface area (Å²) in [5, 5.41) is 4.36. The van der Waals surface area contributed by atoms with Crippen LogP contribution < -0.4 is 5.56 Å². The molecule has 25 heavy (non-hydrogen) atoms. The zero-order valence-electron chi connectivity index (χ0n) is 14.0. The minimum Gasteiger partial charge on any atom is -0.302 e. The van der Waals surface area contributed by atoms with E-state index in [1.807, 2.05) is 0 Å². The van der Waals surface area contributed by atoms with E-state index in [4.69, 9.17) is 0 Å². The van der Waals surface area contributed by atoms with Crippen molar-refractivity contribution in [3.8, 4) is 5.69 Å². The summed E-state index contributed by atoms with van der Waals surface area (Å²) in [6, 6.07) is 4.78. The number of benzene rings is 1. The first-order valence-corrected chi connectivity index (χ1v) is 11.4. The predicted octanol–water partition coefficient (Wildman–Crippen LogP) is 3.48. The van der Waals surface area contributed by atoms with E-state index in [1.165, 1.54) is 29.3 Å². The molecule has 0 amide bonds. The minimum atomic E-state index is -4.45.